The van der Waals surface area contributed by atoms with Gasteiger partial charge in [-0.2, -0.15) is 0 Å². The molecule has 1 aliphatic carbocycles. The lowest BCUT2D eigenvalue weighted by Crippen LogP contribution is -2.46. The molecule has 1 amide bonds. The Morgan fingerprint density at radius 1 is 1.50 bits per heavy atom. The highest BCUT2D eigenvalue weighted by atomic mass is 16.2. The van der Waals surface area contributed by atoms with Gasteiger partial charge in [-0.05, 0) is 26.7 Å². The van der Waals surface area contributed by atoms with E-state index >= 15 is 0 Å². The monoisotopic (exact) mass is 170 g/mol. The number of nitrogens with zero attached hydrogens (tertiary/aromatic N) is 1. The zero-order valence-corrected chi connectivity index (χ0v) is 8.35. The third kappa shape index (κ3) is 2.21. The summed E-state index contributed by atoms with van der Waals surface area (Å²) in [7, 11) is 3.57. The SMILES string of the molecule is CC(NC1(C)CC1)C(=O)N(C)C. The molecule has 0 radical (unpaired) electrons. The van der Waals surface area contributed by atoms with Crippen LogP contribution < -0.4 is 5.32 Å². The van der Waals surface area contributed by atoms with Gasteiger partial charge in [0.1, 0.15) is 0 Å². The van der Waals surface area contributed by atoms with E-state index in [0.29, 0.717) is 0 Å². The van der Waals surface area contributed by atoms with Crippen molar-refractivity contribution < 1.29 is 4.79 Å². The Balaban J connectivity index is 2.37. The number of hydrogen-bond acceptors (Lipinski definition) is 2. The second-order valence-corrected chi connectivity index (χ2v) is 4.16. The molecule has 1 aliphatic rings. The molecule has 70 valence electrons. The summed E-state index contributed by atoms with van der Waals surface area (Å²) in [6.45, 7) is 4.08. The van der Waals surface area contributed by atoms with Crippen molar-refractivity contribution in [3.8, 4) is 0 Å². The fraction of sp³-hybridized carbons (Fsp3) is 0.889. The highest BCUT2D eigenvalue weighted by Gasteiger charge is 2.39. The van der Waals surface area contributed by atoms with Crippen LogP contribution >= 0.6 is 0 Å². The van der Waals surface area contributed by atoms with Crippen molar-refractivity contribution >= 4 is 5.91 Å². The predicted octanol–water partition coefficient (Wildman–Crippen LogP) is 0.605. The molecule has 0 spiro atoms. The number of hydrogen-bond donors (Lipinski definition) is 1. The first-order valence-electron chi connectivity index (χ1n) is 4.43. The molecule has 1 fully saturated rings. The molecule has 0 aromatic rings. The molecule has 1 atom stereocenters. The van der Waals surface area contributed by atoms with E-state index in [2.05, 4.69) is 12.2 Å². The Morgan fingerprint density at radius 3 is 2.33 bits per heavy atom. The van der Waals surface area contributed by atoms with Crippen LogP contribution in [-0.2, 0) is 4.79 Å². The van der Waals surface area contributed by atoms with Crippen molar-refractivity contribution in [3.05, 3.63) is 0 Å². The largest absolute Gasteiger partial charge is 0.347 e. The zero-order valence-electron chi connectivity index (χ0n) is 8.35. The molecule has 0 heterocycles. The highest BCUT2D eigenvalue weighted by molar-refractivity contribution is 5.81. The summed E-state index contributed by atoms with van der Waals surface area (Å²) in [5, 5.41) is 3.32. The Labute approximate surface area is 74.1 Å². The Morgan fingerprint density at radius 2 is 2.00 bits per heavy atom. The molecule has 3 nitrogen and oxygen atoms in total. The normalized spacial score (nSPS) is 21.7. The molecular weight excluding hydrogens is 152 g/mol. The quantitative estimate of drug-likeness (QED) is 0.673. The molecule has 0 saturated heterocycles. The number of rotatable bonds is 3. The molecule has 0 aromatic carbocycles. The standard InChI is InChI=1S/C9H18N2O/c1-7(8(12)11(3)4)10-9(2)5-6-9/h7,10H,5-6H2,1-4H3. The van der Waals surface area contributed by atoms with E-state index < -0.39 is 0 Å². The minimum Gasteiger partial charge on any atom is -0.347 e. The molecule has 1 rings (SSSR count). The number of nitrogens with one attached hydrogen (secondary N) is 1. The second-order valence-electron chi connectivity index (χ2n) is 4.16. The minimum atomic E-state index is -0.0486. The van der Waals surface area contributed by atoms with E-state index in [1.54, 1.807) is 19.0 Å². The van der Waals surface area contributed by atoms with Gasteiger partial charge in [0, 0.05) is 19.6 Å². The molecule has 0 aromatic heterocycles. The lowest BCUT2D eigenvalue weighted by molar-refractivity contribution is -0.130. The van der Waals surface area contributed by atoms with Gasteiger partial charge in [-0.15, -0.1) is 0 Å². The van der Waals surface area contributed by atoms with Gasteiger partial charge in [0.25, 0.3) is 0 Å². The Hall–Kier alpha value is -0.570. The summed E-state index contributed by atoms with van der Waals surface area (Å²) in [6.07, 6.45) is 2.39. The lowest BCUT2D eigenvalue weighted by Gasteiger charge is -2.21. The van der Waals surface area contributed by atoms with Crippen molar-refractivity contribution in [2.24, 2.45) is 0 Å². The van der Waals surface area contributed by atoms with Gasteiger partial charge in [-0.1, -0.05) is 0 Å². The summed E-state index contributed by atoms with van der Waals surface area (Å²) >= 11 is 0. The number of amides is 1. The van der Waals surface area contributed by atoms with E-state index in [1.807, 2.05) is 6.92 Å². The molecular formula is C9H18N2O. The topological polar surface area (TPSA) is 32.3 Å². The molecule has 1 saturated carbocycles. The van der Waals surface area contributed by atoms with Gasteiger partial charge < -0.3 is 10.2 Å². The maximum Gasteiger partial charge on any atom is 0.238 e. The van der Waals surface area contributed by atoms with E-state index in [4.69, 9.17) is 0 Å². The van der Waals surface area contributed by atoms with E-state index in [1.165, 1.54) is 12.8 Å². The predicted molar refractivity (Wildman–Crippen MR) is 48.9 cm³/mol. The van der Waals surface area contributed by atoms with Gasteiger partial charge in [0.2, 0.25) is 5.91 Å². The lowest BCUT2D eigenvalue weighted by atomic mass is 10.2. The van der Waals surface area contributed by atoms with Crippen LogP contribution in [0, 0.1) is 0 Å². The van der Waals surface area contributed by atoms with Gasteiger partial charge in [-0.25, -0.2) is 0 Å². The molecule has 0 aliphatic heterocycles. The molecule has 1 N–H and O–H groups in total. The second kappa shape index (κ2) is 3.05. The van der Waals surface area contributed by atoms with E-state index in [0.717, 1.165) is 0 Å². The van der Waals surface area contributed by atoms with Crippen molar-refractivity contribution in [1.29, 1.82) is 0 Å². The minimum absolute atomic E-state index is 0.0486. The average Bonchev–Trinajstić information content (AvgIpc) is 2.66. The summed E-state index contributed by atoms with van der Waals surface area (Å²) in [5.41, 5.74) is 0.241. The van der Waals surface area contributed by atoms with Gasteiger partial charge in [-0.3, -0.25) is 4.79 Å². The van der Waals surface area contributed by atoms with Crippen molar-refractivity contribution in [2.75, 3.05) is 14.1 Å². The fourth-order valence-electron chi connectivity index (χ4n) is 1.30. The van der Waals surface area contributed by atoms with Crippen molar-refractivity contribution in [3.63, 3.8) is 0 Å². The third-order valence-corrected chi connectivity index (χ3v) is 2.38. The van der Waals surface area contributed by atoms with Crippen LogP contribution in [0.1, 0.15) is 26.7 Å². The molecule has 0 bridgehead atoms. The van der Waals surface area contributed by atoms with Gasteiger partial charge >= 0.3 is 0 Å². The summed E-state index contributed by atoms with van der Waals surface area (Å²) in [6, 6.07) is -0.0486. The van der Waals surface area contributed by atoms with Crippen LogP contribution in [0.15, 0.2) is 0 Å². The van der Waals surface area contributed by atoms with E-state index in [9.17, 15) is 4.79 Å². The smallest absolute Gasteiger partial charge is 0.238 e. The van der Waals surface area contributed by atoms with Crippen LogP contribution in [0.4, 0.5) is 0 Å². The van der Waals surface area contributed by atoms with Crippen molar-refractivity contribution in [2.45, 2.75) is 38.3 Å². The summed E-state index contributed by atoms with van der Waals surface area (Å²) in [4.78, 5) is 13.0. The van der Waals surface area contributed by atoms with Crippen LogP contribution in [0.5, 0.6) is 0 Å². The summed E-state index contributed by atoms with van der Waals surface area (Å²) in [5.74, 6) is 0.156. The third-order valence-electron chi connectivity index (χ3n) is 2.38. The number of likely N-dealkylation sites (N-methyl/N-ethyl adjacent to an activating group) is 1. The van der Waals surface area contributed by atoms with E-state index in [-0.39, 0.29) is 17.5 Å². The number of carbonyl (C=O) groups excluding carboxylic acids is 1. The maximum absolute atomic E-state index is 11.4. The molecule has 12 heavy (non-hydrogen) atoms. The first kappa shape index (κ1) is 9.52. The van der Waals surface area contributed by atoms with Gasteiger partial charge in [0.15, 0.2) is 0 Å². The molecule has 3 heteroatoms. The fourth-order valence-corrected chi connectivity index (χ4v) is 1.30. The summed E-state index contributed by atoms with van der Waals surface area (Å²) < 4.78 is 0. The van der Waals surface area contributed by atoms with Crippen LogP contribution in [0.3, 0.4) is 0 Å². The van der Waals surface area contributed by atoms with Crippen LogP contribution in [0.25, 0.3) is 0 Å². The zero-order chi connectivity index (χ0) is 9.35. The highest BCUT2D eigenvalue weighted by Crippen LogP contribution is 2.34. The Kier molecular flexibility index (Phi) is 2.42. The average molecular weight is 170 g/mol. The van der Waals surface area contributed by atoms with Crippen LogP contribution in [-0.4, -0.2) is 36.5 Å². The first-order valence-corrected chi connectivity index (χ1v) is 4.43. The van der Waals surface area contributed by atoms with Crippen molar-refractivity contribution in [1.82, 2.24) is 10.2 Å². The maximum atomic E-state index is 11.4. The van der Waals surface area contributed by atoms with Crippen LogP contribution in [0.2, 0.25) is 0 Å². The Bertz CT molecular complexity index is 185. The van der Waals surface area contributed by atoms with Gasteiger partial charge in [0.05, 0.1) is 6.04 Å². The first-order chi connectivity index (χ1) is 5.44. The number of carbonyl (C=O) groups is 1. The molecule has 1 unspecified atom stereocenters.